The summed E-state index contributed by atoms with van der Waals surface area (Å²) in [6, 6.07) is 3.67. The van der Waals surface area contributed by atoms with Crippen molar-refractivity contribution in [3.05, 3.63) is 28.8 Å². The van der Waals surface area contributed by atoms with Gasteiger partial charge in [-0.15, -0.1) is 11.8 Å². The standard InChI is InChI=1S/C11H10ClF3N2S2/c12-9-2-1-7(5-8(9)11(13,14)15)16-10(18)17-3-4-19-6-17/h1-2,5H,3-4,6H2,(H,16,18). The Morgan fingerprint density at radius 1 is 1.42 bits per heavy atom. The molecule has 1 aliphatic rings. The van der Waals surface area contributed by atoms with Crippen LogP contribution in [0.1, 0.15) is 5.56 Å². The second kappa shape index (κ2) is 5.76. The quantitative estimate of drug-likeness (QED) is 0.782. The first-order chi connectivity index (χ1) is 8.88. The first-order valence-corrected chi connectivity index (χ1v) is 7.32. The summed E-state index contributed by atoms with van der Waals surface area (Å²) in [4.78, 5) is 1.90. The van der Waals surface area contributed by atoms with Gasteiger partial charge in [-0.05, 0) is 30.4 Å². The molecule has 8 heteroatoms. The lowest BCUT2D eigenvalue weighted by molar-refractivity contribution is -0.137. The summed E-state index contributed by atoms with van der Waals surface area (Å²) >= 11 is 12.4. The predicted molar refractivity (Wildman–Crippen MR) is 76.7 cm³/mol. The van der Waals surface area contributed by atoms with E-state index in [2.05, 4.69) is 5.32 Å². The molecule has 2 rings (SSSR count). The molecule has 2 nitrogen and oxygen atoms in total. The maximum absolute atomic E-state index is 12.7. The first-order valence-electron chi connectivity index (χ1n) is 5.38. The van der Waals surface area contributed by atoms with Gasteiger partial charge in [0, 0.05) is 18.0 Å². The van der Waals surface area contributed by atoms with Gasteiger partial charge >= 0.3 is 6.18 Å². The molecule has 0 saturated carbocycles. The normalized spacial score (nSPS) is 15.7. The Morgan fingerprint density at radius 3 is 2.74 bits per heavy atom. The lowest BCUT2D eigenvalue weighted by Gasteiger charge is -2.19. The lowest BCUT2D eigenvalue weighted by atomic mass is 10.2. The topological polar surface area (TPSA) is 15.3 Å². The Balaban J connectivity index is 2.15. The van der Waals surface area contributed by atoms with Gasteiger partial charge in [-0.1, -0.05) is 11.6 Å². The molecular formula is C11H10ClF3N2S2. The smallest absolute Gasteiger partial charge is 0.339 e. The molecule has 0 unspecified atom stereocenters. The Morgan fingerprint density at radius 2 is 2.16 bits per heavy atom. The van der Waals surface area contributed by atoms with E-state index >= 15 is 0 Å². The molecule has 0 radical (unpaired) electrons. The predicted octanol–water partition coefficient (Wildman–Crippen LogP) is 4.06. The van der Waals surface area contributed by atoms with E-state index in [1.807, 2.05) is 4.90 Å². The Hall–Kier alpha value is -0.660. The van der Waals surface area contributed by atoms with Crippen molar-refractivity contribution < 1.29 is 13.2 Å². The number of nitrogens with zero attached hydrogens (tertiary/aromatic N) is 1. The number of alkyl halides is 3. The fourth-order valence-electron chi connectivity index (χ4n) is 1.60. The van der Waals surface area contributed by atoms with Crippen LogP contribution in [0, 0.1) is 0 Å². The number of hydrogen-bond acceptors (Lipinski definition) is 2. The maximum Gasteiger partial charge on any atom is 0.417 e. The number of hydrogen-bond donors (Lipinski definition) is 1. The number of thiocarbonyl (C=S) groups is 1. The molecule has 1 aromatic carbocycles. The number of thioether (sulfide) groups is 1. The third-order valence-electron chi connectivity index (χ3n) is 2.56. The van der Waals surface area contributed by atoms with E-state index in [9.17, 15) is 13.2 Å². The molecular weight excluding hydrogens is 317 g/mol. The zero-order valence-electron chi connectivity index (χ0n) is 9.63. The fourth-order valence-corrected chi connectivity index (χ4v) is 3.13. The lowest BCUT2D eigenvalue weighted by Crippen LogP contribution is -2.32. The van der Waals surface area contributed by atoms with Crippen LogP contribution in [-0.2, 0) is 6.18 Å². The molecule has 1 aliphatic heterocycles. The first kappa shape index (κ1) is 14.7. The average molecular weight is 327 g/mol. The van der Waals surface area contributed by atoms with E-state index in [0.717, 1.165) is 24.2 Å². The zero-order chi connectivity index (χ0) is 14.0. The van der Waals surface area contributed by atoms with Crippen molar-refractivity contribution in [2.75, 3.05) is 23.5 Å². The molecule has 104 valence electrons. The van der Waals surface area contributed by atoms with Gasteiger partial charge in [-0.2, -0.15) is 13.2 Å². The molecule has 0 spiro atoms. The van der Waals surface area contributed by atoms with Crippen LogP contribution in [0.5, 0.6) is 0 Å². The van der Waals surface area contributed by atoms with Gasteiger partial charge in [0.05, 0.1) is 16.5 Å². The highest BCUT2D eigenvalue weighted by Crippen LogP contribution is 2.36. The van der Waals surface area contributed by atoms with E-state index in [1.165, 1.54) is 12.1 Å². The van der Waals surface area contributed by atoms with Crippen LogP contribution in [0.4, 0.5) is 18.9 Å². The number of halogens is 4. The van der Waals surface area contributed by atoms with Gasteiger partial charge in [-0.25, -0.2) is 0 Å². The second-order valence-corrected chi connectivity index (χ2v) is 5.79. The minimum atomic E-state index is -4.47. The van der Waals surface area contributed by atoms with Crippen LogP contribution in [0.25, 0.3) is 0 Å². The summed E-state index contributed by atoms with van der Waals surface area (Å²) in [5, 5.41) is 2.92. The molecule has 0 atom stereocenters. The van der Waals surface area contributed by atoms with Gasteiger partial charge in [-0.3, -0.25) is 0 Å². The Bertz CT molecular complexity index is 487. The molecule has 19 heavy (non-hydrogen) atoms. The van der Waals surface area contributed by atoms with Crippen LogP contribution in [-0.4, -0.2) is 28.2 Å². The summed E-state index contributed by atoms with van der Waals surface area (Å²) in [7, 11) is 0. The van der Waals surface area contributed by atoms with E-state index in [4.69, 9.17) is 23.8 Å². The van der Waals surface area contributed by atoms with E-state index < -0.39 is 11.7 Å². The fraction of sp³-hybridized carbons (Fsp3) is 0.364. The molecule has 1 aromatic rings. The molecule has 0 aromatic heterocycles. The average Bonchev–Trinajstić information content (AvgIpc) is 2.83. The van der Waals surface area contributed by atoms with Crippen LogP contribution >= 0.6 is 35.6 Å². The largest absolute Gasteiger partial charge is 0.417 e. The van der Waals surface area contributed by atoms with Crippen LogP contribution in [0.2, 0.25) is 5.02 Å². The minimum Gasteiger partial charge on any atom is -0.339 e. The third kappa shape index (κ3) is 3.67. The SMILES string of the molecule is FC(F)(F)c1cc(NC(=S)N2CCSC2)ccc1Cl. The van der Waals surface area contributed by atoms with Gasteiger partial charge in [0.2, 0.25) is 0 Å². The molecule has 1 saturated heterocycles. The summed E-state index contributed by atoms with van der Waals surface area (Å²) in [6.45, 7) is 0.802. The monoisotopic (exact) mass is 326 g/mol. The number of benzene rings is 1. The summed E-state index contributed by atoms with van der Waals surface area (Å²) in [5.41, 5.74) is -0.573. The van der Waals surface area contributed by atoms with Gasteiger partial charge in [0.15, 0.2) is 5.11 Å². The van der Waals surface area contributed by atoms with Gasteiger partial charge in [0.1, 0.15) is 0 Å². The second-order valence-electron chi connectivity index (χ2n) is 3.92. The van der Waals surface area contributed by atoms with Gasteiger partial charge < -0.3 is 10.2 Å². The summed E-state index contributed by atoms with van der Waals surface area (Å²) < 4.78 is 38.1. The molecule has 1 heterocycles. The number of rotatable bonds is 1. The van der Waals surface area contributed by atoms with Crippen molar-refractivity contribution >= 4 is 46.4 Å². The molecule has 0 bridgehead atoms. The van der Waals surface area contributed by atoms with Gasteiger partial charge in [0.25, 0.3) is 0 Å². The maximum atomic E-state index is 12.7. The molecule has 1 N–H and O–H groups in total. The Kier molecular flexibility index (Phi) is 4.47. The van der Waals surface area contributed by atoms with Crippen LogP contribution < -0.4 is 5.32 Å². The molecule has 1 fully saturated rings. The van der Waals surface area contributed by atoms with Crippen molar-refractivity contribution in [3.63, 3.8) is 0 Å². The molecule has 0 aliphatic carbocycles. The van der Waals surface area contributed by atoms with E-state index in [-0.39, 0.29) is 5.02 Å². The van der Waals surface area contributed by atoms with E-state index in [1.54, 1.807) is 11.8 Å². The highest BCUT2D eigenvalue weighted by molar-refractivity contribution is 7.99. The van der Waals surface area contributed by atoms with Crippen molar-refractivity contribution in [2.45, 2.75) is 6.18 Å². The number of anilines is 1. The third-order valence-corrected chi connectivity index (χ3v) is 4.22. The van der Waals surface area contributed by atoms with Crippen LogP contribution in [0.3, 0.4) is 0 Å². The summed E-state index contributed by atoms with van der Waals surface area (Å²) in [6.07, 6.45) is -4.47. The van der Waals surface area contributed by atoms with Crippen molar-refractivity contribution in [1.29, 1.82) is 0 Å². The Labute approximate surface area is 123 Å². The highest BCUT2D eigenvalue weighted by atomic mass is 35.5. The number of nitrogens with one attached hydrogen (secondary N) is 1. The highest BCUT2D eigenvalue weighted by Gasteiger charge is 2.33. The van der Waals surface area contributed by atoms with E-state index in [0.29, 0.717) is 10.8 Å². The zero-order valence-corrected chi connectivity index (χ0v) is 12.0. The minimum absolute atomic E-state index is 0.290. The van der Waals surface area contributed by atoms with Crippen LogP contribution in [0.15, 0.2) is 18.2 Å². The van der Waals surface area contributed by atoms with Crippen molar-refractivity contribution in [2.24, 2.45) is 0 Å². The summed E-state index contributed by atoms with van der Waals surface area (Å²) in [5.74, 6) is 1.72. The van der Waals surface area contributed by atoms with Crippen molar-refractivity contribution in [3.8, 4) is 0 Å². The van der Waals surface area contributed by atoms with Crippen molar-refractivity contribution in [1.82, 2.24) is 4.90 Å². The molecule has 0 amide bonds.